The summed E-state index contributed by atoms with van der Waals surface area (Å²) in [5.41, 5.74) is 8.07. The second-order valence-electron chi connectivity index (χ2n) is 48.3. The molecular weight excluding hydrogens is 1820 g/mol. The number of aliphatic hydroxyl groups excluding tert-OH is 2. The highest BCUT2D eigenvalue weighted by atomic mass is 28.4. The quantitative estimate of drug-likeness (QED) is 0.0198. The van der Waals surface area contributed by atoms with Crippen molar-refractivity contribution in [2.24, 2.45) is 35.5 Å². The van der Waals surface area contributed by atoms with Crippen LogP contribution in [0.25, 0.3) is 0 Å². The second-order valence-corrected chi connectivity index (χ2v) is 57.8. The lowest BCUT2D eigenvalue weighted by Gasteiger charge is -2.47. The Hall–Kier alpha value is -3.10. The van der Waals surface area contributed by atoms with Crippen LogP contribution in [-0.4, -0.2) is 280 Å². The smallest absolute Gasteiger partial charge is 0.331 e. The molecule has 17 aliphatic rings. The van der Waals surface area contributed by atoms with Gasteiger partial charge in [0.1, 0.15) is 57.5 Å². The Balaban J connectivity index is 0.000000188. The van der Waals surface area contributed by atoms with E-state index in [4.69, 9.17) is 90.7 Å². The van der Waals surface area contributed by atoms with Gasteiger partial charge in [0.15, 0.2) is 22.4 Å². The topological polar surface area (TPSA) is 351 Å². The van der Waals surface area contributed by atoms with Crippen molar-refractivity contribution in [1.29, 1.82) is 0 Å². The number of methoxy groups -OCH3 is 5. The number of esters is 1. The summed E-state index contributed by atoms with van der Waals surface area (Å²) in [4.78, 5) is 34.6. The number of rotatable bonds is 30. The Morgan fingerprint density at radius 2 is 0.786 bits per heavy atom. The zero-order valence-electron chi connectivity index (χ0n) is 93.0. The van der Waals surface area contributed by atoms with Crippen LogP contribution in [0.1, 0.15) is 329 Å². The van der Waals surface area contributed by atoms with Crippen LogP contribution in [0, 0.1) is 35.5 Å². The Labute approximate surface area is 849 Å². The van der Waals surface area contributed by atoms with E-state index in [1.165, 1.54) is 86.5 Å². The molecule has 0 radical (unpaired) electrons. The van der Waals surface area contributed by atoms with Crippen molar-refractivity contribution < 1.29 is 126 Å². The van der Waals surface area contributed by atoms with Gasteiger partial charge in [-0.05, 0) is 262 Å². The highest BCUT2D eigenvalue weighted by Crippen LogP contribution is 2.66. The molecule has 17 fully saturated rings. The molecule has 26 nitrogen and oxygen atoms in total. The predicted molar refractivity (Wildman–Crippen MR) is 550 cm³/mol. The fraction of sp³-hybridized carbons (Fsp3) is 0.884. The number of ketones is 1. The van der Waals surface area contributed by atoms with Gasteiger partial charge in [0, 0.05) is 88.0 Å². The van der Waals surface area contributed by atoms with Gasteiger partial charge in [-0.25, -0.2) is 4.79 Å². The first-order valence-corrected chi connectivity index (χ1v) is 59.2. The molecule has 1 unspecified atom stereocenters. The molecule has 0 aromatic rings. The molecule has 7 aliphatic carbocycles. The molecular formula is C112H197NO25Si2. The lowest BCUT2D eigenvalue weighted by atomic mass is 9.68. The van der Waals surface area contributed by atoms with E-state index in [1.807, 2.05) is 21.0 Å². The van der Waals surface area contributed by atoms with Gasteiger partial charge in [-0.1, -0.05) is 135 Å². The number of epoxide rings is 10. The van der Waals surface area contributed by atoms with Gasteiger partial charge in [-0.3, -0.25) is 4.79 Å². The molecule has 28 heteroatoms. The summed E-state index contributed by atoms with van der Waals surface area (Å²) < 4.78 is 119. The summed E-state index contributed by atoms with van der Waals surface area (Å²) in [5, 5.41) is 30.4. The van der Waals surface area contributed by atoms with Crippen molar-refractivity contribution in [2.45, 2.75) is 510 Å². The van der Waals surface area contributed by atoms with E-state index in [-0.39, 0.29) is 183 Å². The molecule has 5 spiro atoms. The SMILES string of the molecule is C.CCOCC.CO[C@@H]1C(=O)CC[C@]2(CO2)[C@H]1[C@@]1(C)O[C@@H]1CC=C(C)C.CO[C@@H]1C(OC(=O)/C=C/C(=O)[O-])CC[C@]2(CO2)[C@H]1[C@@]1(C)O[C@@H]1CC=C(C)C.CO[C@@H]1[C@H](O)CC[C@]2(CO2)[C@H]1[C@@]1(C)O[C@@H]1CC=C(C)C.CO[C@@H]1[C@H](O[Si](C)(C)C(C)(C)C)CC[C@]2(CO2)[C@H]1[C@@]1(C)O[C@@H]1CC=C(C)C.CO[C@@H]1[C@H](O[Si](C)(C)C(C)(C)C)CC[C@]2(CO2)[C@H]1[C@@]1(C)O[C@@H]1CCO.[2H]CC.[NH3+]C1(C2CCCCC2)CCCCC1. The third kappa shape index (κ3) is 28.2. The van der Waals surface area contributed by atoms with E-state index in [9.17, 15) is 29.7 Å². The maximum atomic E-state index is 12.2. The average Bonchev–Trinajstić information content (AvgIpc) is 1.19. The van der Waals surface area contributed by atoms with Gasteiger partial charge in [0.2, 0.25) is 0 Å². The largest absolute Gasteiger partial charge is 0.545 e. The molecule has 0 bridgehead atoms. The Morgan fingerprint density at radius 1 is 0.471 bits per heavy atom. The summed E-state index contributed by atoms with van der Waals surface area (Å²) in [6.07, 6.45) is 36.8. The van der Waals surface area contributed by atoms with Gasteiger partial charge >= 0.3 is 5.97 Å². The number of hydrogen-bond donors (Lipinski definition) is 3. The molecule has 140 heavy (non-hydrogen) atoms. The van der Waals surface area contributed by atoms with E-state index in [0.717, 1.165) is 129 Å². The summed E-state index contributed by atoms with van der Waals surface area (Å²) in [6.45, 7) is 62.4. The number of carbonyl (C=O) groups excluding carboxylic acids is 3. The molecule has 0 amide bonds. The van der Waals surface area contributed by atoms with Crippen molar-refractivity contribution in [3.63, 3.8) is 0 Å². The molecule has 7 saturated carbocycles. The summed E-state index contributed by atoms with van der Waals surface area (Å²) >= 11 is 0. The number of carbonyl (C=O) groups is 3. The summed E-state index contributed by atoms with van der Waals surface area (Å²) in [7, 11) is 4.77. The standard InChI is InChI=1S/C22H40O4Si.C20H28O7.C19H36O5Si.C16H26O4.C16H24O4.C12H23N.C4H10O.C2H6.CH4/c1-15(2)10-11-17-21(6,25-17)19-18(23-7)16(12-13-22(19)14-24-22)26-27(8,9)20(3,4)5;1-12(2)5-6-14-19(3,27-14)18-17(24-4)13(9-10-20(18)11-25-20)26-16(23)8-7-15(21)22;1-17(2,3)25(6,7)24-13-8-10-19(12-22-19)16(15(13)21-5)18(4)14(23-18)9-11-20;2*1-10(2)5-6-12-15(3,20-12)14-13(18-4)11(17)7-8-16(14)9-19-16;13-12(9-5-2-6-10-12)11-7-3-1-4-8-11;1-3-5-4-2;1-2;/h10,16-19H,11-14H2,1-9H3;5,7-8,13-14,17-18H,6,9-11H2,1-4H3,(H,21,22);13-16,20H,8-12H2,1-7H3;5,11-14,17H,6-9H2,1-4H3;5,12-14H,6-9H2,1-4H3;11H,1-10,13H2;3-4H2,1-2H3;1-2H3;1H4/b;8-7+;;;;;;;/t16-,17-,18-,19-,21+,22+;13?,14-,17-,18-,19+,20+;13-,14-,15-,16-,18+,19+;11-,12-,13-,14-,15+,16+;12-,13-,14-,15+,16+;;;;/m11111..../s1/i;;;;;;;1D;. The van der Waals surface area contributed by atoms with E-state index in [0.29, 0.717) is 44.4 Å². The number of carboxylic acids is 1. The van der Waals surface area contributed by atoms with Crippen LogP contribution in [0.5, 0.6) is 0 Å². The summed E-state index contributed by atoms with van der Waals surface area (Å²) in [6, 6.07) is 0. The fourth-order valence-electron chi connectivity index (χ4n) is 24.8. The van der Waals surface area contributed by atoms with E-state index >= 15 is 0 Å². The Bertz CT molecular complexity index is 4130. The number of Topliss-reactive ketones (excluding diaryl/α,β-unsaturated/α-hetero) is 1. The first-order chi connectivity index (χ1) is 65.6. The molecule has 5 N–H and O–H groups in total. The third-order valence-electron chi connectivity index (χ3n) is 35.6. The first kappa shape index (κ1) is 119. The average molecular weight is 2010 g/mol. The van der Waals surface area contributed by atoms with Gasteiger partial charge in [0.25, 0.3) is 0 Å². The number of quaternary nitrogens is 1. The highest BCUT2D eigenvalue weighted by Gasteiger charge is 2.78. The number of aliphatic hydroxyl groups is 2. The maximum absolute atomic E-state index is 12.2. The second kappa shape index (κ2) is 48.5. The zero-order chi connectivity index (χ0) is 104. The predicted octanol–water partition coefficient (Wildman–Crippen LogP) is 18.6. The van der Waals surface area contributed by atoms with Crippen LogP contribution in [0.2, 0.25) is 36.3 Å². The van der Waals surface area contributed by atoms with Crippen molar-refractivity contribution in [1.82, 2.24) is 0 Å². The fourth-order valence-corrected chi connectivity index (χ4v) is 27.5. The van der Waals surface area contributed by atoms with Gasteiger partial charge in [0.05, 0.1) is 158 Å². The van der Waals surface area contributed by atoms with Crippen LogP contribution < -0.4 is 10.8 Å². The minimum Gasteiger partial charge on any atom is -0.545 e. The van der Waals surface area contributed by atoms with Crippen LogP contribution >= 0.6 is 0 Å². The van der Waals surface area contributed by atoms with Crippen molar-refractivity contribution in [3.05, 3.63) is 58.7 Å². The number of aliphatic carboxylic acids is 1. The van der Waals surface area contributed by atoms with Gasteiger partial charge < -0.3 is 115 Å². The number of hydrogen-bond acceptors (Lipinski definition) is 25. The molecule has 0 aromatic heterocycles. The lowest BCUT2D eigenvalue weighted by Crippen LogP contribution is -2.76. The molecule has 17 rings (SSSR count). The van der Waals surface area contributed by atoms with E-state index in [1.54, 1.807) is 35.4 Å². The van der Waals surface area contributed by atoms with Crippen LogP contribution in [0.15, 0.2) is 58.7 Å². The first-order valence-electron chi connectivity index (χ1n) is 54.0. The van der Waals surface area contributed by atoms with Gasteiger partial charge in [-0.15, -0.1) is 0 Å². The van der Waals surface area contributed by atoms with E-state index in [2.05, 4.69) is 188 Å². The molecule has 10 aliphatic heterocycles. The summed E-state index contributed by atoms with van der Waals surface area (Å²) in [5.74, 6) is -0.529. The minimum atomic E-state index is -1.88. The van der Waals surface area contributed by atoms with Crippen molar-refractivity contribution in [3.8, 4) is 0 Å². The number of ether oxygens (including phenoxy) is 17. The molecule has 29 atom stereocenters. The molecule has 808 valence electrons. The van der Waals surface area contributed by atoms with E-state index < -0.39 is 46.4 Å². The third-order valence-corrected chi connectivity index (χ3v) is 44.6. The maximum Gasteiger partial charge on any atom is 0.331 e. The molecule has 0 aromatic carbocycles. The Morgan fingerprint density at radius 3 is 1.10 bits per heavy atom. The lowest BCUT2D eigenvalue weighted by molar-refractivity contribution is -0.501. The Kier molecular flexibility index (Phi) is 41.1. The van der Waals surface area contributed by atoms with Crippen LogP contribution in [0.4, 0.5) is 0 Å². The van der Waals surface area contributed by atoms with Gasteiger partial charge in [-0.2, -0.15) is 0 Å². The molecule has 10 saturated heterocycles. The molecule has 10 heterocycles. The monoisotopic (exact) mass is 2010 g/mol. The van der Waals surface area contributed by atoms with Crippen LogP contribution in [-0.2, 0) is 104 Å². The van der Waals surface area contributed by atoms with Crippen LogP contribution in [0.3, 0.4) is 0 Å². The van der Waals surface area contributed by atoms with Crippen molar-refractivity contribution >= 4 is 34.4 Å². The normalized spacial score (nSPS) is 40.6. The zero-order valence-corrected chi connectivity index (χ0v) is 94.0. The highest BCUT2D eigenvalue weighted by molar-refractivity contribution is 6.74. The number of carboxylic acid groups (broad SMARTS) is 1. The minimum absolute atomic E-state index is 0. The van der Waals surface area contributed by atoms with Crippen molar-refractivity contribution in [2.75, 3.05) is 88.4 Å². The number of allylic oxidation sites excluding steroid dienone is 4.